The van der Waals surface area contributed by atoms with Gasteiger partial charge in [-0.2, -0.15) is 0 Å². The normalized spacial score (nSPS) is 14.6. The average molecular weight is 445 g/mol. The molecule has 0 saturated carbocycles. The number of benzene rings is 2. The van der Waals surface area contributed by atoms with Gasteiger partial charge in [0.1, 0.15) is 11.6 Å². The van der Waals surface area contributed by atoms with E-state index < -0.39 is 23.3 Å². The molecule has 3 aromatic rings. The maximum absolute atomic E-state index is 13.9. The fourth-order valence-corrected chi connectivity index (χ4v) is 3.97. The van der Waals surface area contributed by atoms with Gasteiger partial charge in [0.15, 0.2) is 11.5 Å². The van der Waals surface area contributed by atoms with Crippen molar-refractivity contribution in [3.05, 3.63) is 76.1 Å². The molecule has 1 aliphatic rings. The highest BCUT2D eigenvalue weighted by atomic mass is 35.5. The molecule has 0 atom stereocenters. The Hall–Kier alpha value is -3.13. The Morgan fingerprint density at radius 3 is 2.55 bits per heavy atom. The standard InChI is InChI=1S/C22H19ClF2N4O2/c1-13-20(26-27-29(13)17-4-2-3-15(23)11-17)22(31)28-9-7-14(8-10-28)21(30)18-12-16(24)5-6-19(18)25/h2-6,11-12,14H,7-10H2,1H3. The first kappa shape index (κ1) is 21.1. The SMILES string of the molecule is Cc1c(C(=O)N2CCC(C(=O)c3cc(F)ccc3F)CC2)nnn1-c1cccc(Cl)c1. The molecule has 2 heterocycles. The molecular formula is C22H19ClF2N4O2. The third kappa shape index (κ3) is 4.20. The lowest BCUT2D eigenvalue weighted by Gasteiger charge is -2.31. The van der Waals surface area contributed by atoms with Gasteiger partial charge in [-0.1, -0.05) is 22.9 Å². The lowest BCUT2D eigenvalue weighted by molar-refractivity contribution is 0.0643. The Bertz CT molecular complexity index is 1160. The Kier molecular flexibility index (Phi) is 5.82. The van der Waals surface area contributed by atoms with Crippen molar-refractivity contribution in [2.45, 2.75) is 19.8 Å². The number of carbonyl (C=O) groups is 2. The van der Waals surface area contributed by atoms with Gasteiger partial charge in [0.25, 0.3) is 5.91 Å². The minimum Gasteiger partial charge on any atom is -0.337 e. The van der Waals surface area contributed by atoms with E-state index in [-0.39, 0.29) is 17.2 Å². The molecule has 31 heavy (non-hydrogen) atoms. The number of nitrogens with zero attached hydrogens (tertiary/aromatic N) is 4. The number of hydrogen-bond donors (Lipinski definition) is 0. The molecule has 1 saturated heterocycles. The average Bonchev–Trinajstić information content (AvgIpc) is 3.16. The van der Waals surface area contributed by atoms with E-state index in [1.165, 1.54) is 0 Å². The van der Waals surface area contributed by atoms with Crippen molar-refractivity contribution in [2.75, 3.05) is 13.1 Å². The summed E-state index contributed by atoms with van der Waals surface area (Å²) in [5.41, 5.74) is 1.25. The van der Waals surface area contributed by atoms with Gasteiger partial charge in [0.05, 0.1) is 16.9 Å². The van der Waals surface area contributed by atoms with Crippen LogP contribution in [0.5, 0.6) is 0 Å². The second kappa shape index (κ2) is 8.55. The molecule has 1 aromatic heterocycles. The third-order valence-corrected chi connectivity index (χ3v) is 5.73. The molecule has 0 spiro atoms. The lowest BCUT2D eigenvalue weighted by Crippen LogP contribution is -2.40. The summed E-state index contributed by atoms with van der Waals surface area (Å²) < 4.78 is 28.9. The molecule has 1 aliphatic heterocycles. The molecule has 9 heteroatoms. The number of likely N-dealkylation sites (tertiary alicyclic amines) is 1. The Balaban J connectivity index is 1.45. The quantitative estimate of drug-likeness (QED) is 0.564. The van der Waals surface area contributed by atoms with Crippen LogP contribution in [0.25, 0.3) is 5.69 Å². The van der Waals surface area contributed by atoms with Gasteiger partial charge in [-0.15, -0.1) is 5.10 Å². The van der Waals surface area contributed by atoms with Crippen LogP contribution in [0.15, 0.2) is 42.5 Å². The summed E-state index contributed by atoms with van der Waals surface area (Å²) in [5, 5.41) is 8.66. The fourth-order valence-electron chi connectivity index (χ4n) is 3.78. The molecule has 1 amide bonds. The molecule has 6 nitrogen and oxygen atoms in total. The van der Waals surface area contributed by atoms with E-state index in [0.717, 1.165) is 18.2 Å². The molecule has 4 rings (SSSR count). The van der Waals surface area contributed by atoms with Gasteiger partial charge in [-0.05, 0) is 56.2 Å². The summed E-state index contributed by atoms with van der Waals surface area (Å²) in [7, 11) is 0. The first-order chi connectivity index (χ1) is 14.8. The molecule has 2 aromatic carbocycles. The molecule has 0 unspecified atom stereocenters. The van der Waals surface area contributed by atoms with Crippen LogP contribution in [-0.4, -0.2) is 44.7 Å². The van der Waals surface area contributed by atoms with Crippen molar-refractivity contribution >= 4 is 23.3 Å². The zero-order valence-corrected chi connectivity index (χ0v) is 17.4. The maximum Gasteiger partial charge on any atom is 0.276 e. The Morgan fingerprint density at radius 2 is 1.84 bits per heavy atom. The van der Waals surface area contributed by atoms with Crippen molar-refractivity contribution in [2.24, 2.45) is 5.92 Å². The minimum atomic E-state index is -0.738. The molecule has 0 aliphatic carbocycles. The number of aromatic nitrogens is 3. The minimum absolute atomic E-state index is 0.223. The van der Waals surface area contributed by atoms with Crippen molar-refractivity contribution in [3.63, 3.8) is 0 Å². The van der Waals surface area contributed by atoms with Gasteiger partial charge >= 0.3 is 0 Å². The van der Waals surface area contributed by atoms with E-state index in [1.807, 2.05) is 6.07 Å². The highest BCUT2D eigenvalue weighted by molar-refractivity contribution is 6.30. The van der Waals surface area contributed by atoms with Gasteiger partial charge in [-0.25, -0.2) is 13.5 Å². The van der Waals surface area contributed by atoms with Crippen molar-refractivity contribution < 1.29 is 18.4 Å². The summed E-state index contributed by atoms with van der Waals surface area (Å²) in [4.78, 5) is 27.2. The van der Waals surface area contributed by atoms with Crippen LogP contribution >= 0.6 is 11.6 Å². The Labute approximate surface area is 182 Å². The van der Waals surface area contributed by atoms with Crippen LogP contribution in [0.4, 0.5) is 8.78 Å². The van der Waals surface area contributed by atoms with Crippen molar-refractivity contribution in [1.82, 2.24) is 19.9 Å². The fraction of sp³-hybridized carbons (Fsp3) is 0.273. The van der Waals surface area contributed by atoms with E-state index in [0.29, 0.717) is 42.3 Å². The van der Waals surface area contributed by atoms with E-state index in [1.54, 1.807) is 34.7 Å². The molecule has 0 radical (unpaired) electrons. The highest BCUT2D eigenvalue weighted by Crippen LogP contribution is 2.25. The number of Topliss-reactive ketones (excluding diaryl/α,β-unsaturated/α-hetero) is 1. The number of rotatable bonds is 4. The van der Waals surface area contributed by atoms with Gasteiger partial charge in [-0.3, -0.25) is 9.59 Å². The topological polar surface area (TPSA) is 68.1 Å². The predicted molar refractivity (Wildman–Crippen MR) is 110 cm³/mol. The number of halogens is 3. The summed E-state index contributed by atoms with van der Waals surface area (Å²) in [5.74, 6) is -2.59. The summed E-state index contributed by atoms with van der Waals surface area (Å²) in [6.45, 7) is 2.38. The third-order valence-electron chi connectivity index (χ3n) is 5.50. The van der Waals surface area contributed by atoms with Crippen LogP contribution in [-0.2, 0) is 0 Å². The van der Waals surface area contributed by atoms with E-state index in [9.17, 15) is 18.4 Å². The summed E-state index contributed by atoms with van der Waals surface area (Å²) in [6.07, 6.45) is 0.726. The zero-order valence-electron chi connectivity index (χ0n) is 16.7. The molecule has 0 N–H and O–H groups in total. The van der Waals surface area contributed by atoms with Gasteiger partial charge < -0.3 is 4.90 Å². The van der Waals surface area contributed by atoms with Crippen molar-refractivity contribution in [1.29, 1.82) is 0 Å². The van der Waals surface area contributed by atoms with Crippen LogP contribution in [0, 0.1) is 24.5 Å². The van der Waals surface area contributed by atoms with E-state index >= 15 is 0 Å². The second-order valence-corrected chi connectivity index (χ2v) is 7.91. The number of hydrogen-bond acceptors (Lipinski definition) is 4. The van der Waals surface area contributed by atoms with E-state index in [4.69, 9.17) is 11.6 Å². The first-order valence-electron chi connectivity index (χ1n) is 9.82. The smallest absolute Gasteiger partial charge is 0.276 e. The Morgan fingerprint density at radius 1 is 1.10 bits per heavy atom. The summed E-state index contributed by atoms with van der Waals surface area (Å²) in [6, 6.07) is 9.91. The lowest BCUT2D eigenvalue weighted by atomic mass is 9.88. The first-order valence-corrected chi connectivity index (χ1v) is 10.2. The van der Waals surface area contributed by atoms with Crippen LogP contribution in [0.3, 0.4) is 0 Å². The van der Waals surface area contributed by atoms with Crippen LogP contribution in [0.1, 0.15) is 39.4 Å². The van der Waals surface area contributed by atoms with E-state index in [2.05, 4.69) is 10.3 Å². The second-order valence-electron chi connectivity index (χ2n) is 7.47. The van der Waals surface area contributed by atoms with Crippen molar-refractivity contribution in [3.8, 4) is 5.69 Å². The highest BCUT2D eigenvalue weighted by Gasteiger charge is 2.31. The molecular weight excluding hydrogens is 426 g/mol. The molecule has 0 bridgehead atoms. The van der Waals surface area contributed by atoms with Crippen LogP contribution in [0.2, 0.25) is 5.02 Å². The molecule has 160 valence electrons. The summed E-state index contributed by atoms with van der Waals surface area (Å²) >= 11 is 6.03. The number of carbonyl (C=O) groups excluding carboxylic acids is 2. The zero-order chi connectivity index (χ0) is 22.1. The number of ketones is 1. The number of amides is 1. The maximum atomic E-state index is 13.9. The van der Waals surface area contributed by atoms with Crippen LogP contribution < -0.4 is 0 Å². The van der Waals surface area contributed by atoms with Gasteiger partial charge in [0.2, 0.25) is 0 Å². The monoisotopic (exact) mass is 444 g/mol. The largest absolute Gasteiger partial charge is 0.337 e. The predicted octanol–water partition coefficient (Wildman–Crippen LogP) is 4.24. The molecule has 1 fully saturated rings. The number of piperidine rings is 1. The van der Waals surface area contributed by atoms with Gasteiger partial charge in [0, 0.05) is 24.0 Å².